The fourth-order valence-electron chi connectivity index (χ4n) is 5.25. The van der Waals surface area contributed by atoms with E-state index >= 15 is 0 Å². The number of anilines is 1. The maximum absolute atomic E-state index is 13.9. The first-order valence-corrected chi connectivity index (χ1v) is 11.8. The first kappa shape index (κ1) is 25.3. The van der Waals surface area contributed by atoms with Crippen molar-refractivity contribution in [3.63, 3.8) is 0 Å². The van der Waals surface area contributed by atoms with Crippen molar-refractivity contribution in [2.45, 2.75) is 31.9 Å². The minimum atomic E-state index is -1.87. The van der Waals surface area contributed by atoms with Crippen LogP contribution in [0, 0.1) is 11.2 Å². The standard InChI is InChI=1S/C26H30FN3O6/c1-25(23(32)33)16-21(36-20-10-6-7-18(27)15-20)17-30(24(34)35)26(25,2)22(31)29-13-11-28(12-14-29)19-8-4-3-5-9-19/h3-10,15,21H,11-14,16-17H2,1-2H3,(H,32,33)(H,34,35)/t21-,25+,26+/m0/s1. The molecule has 0 unspecified atom stereocenters. The SMILES string of the molecule is C[C@]1(C(=O)N2CCN(c3ccccc3)CC2)N(C(=O)O)C[C@@H](Oc2cccc(F)c2)C[C@]1(C)C(=O)O. The Balaban J connectivity index is 1.59. The van der Waals surface area contributed by atoms with E-state index in [0.29, 0.717) is 26.2 Å². The highest BCUT2D eigenvalue weighted by Gasteiger charge is 2.65. The summed E-state index contributed by atoms with van der Waals surface area (Å²) in [4.78, 5) is 43.5. The molecule has 2 heterocycles. The number of rotatable bonds is 5. The van der Waals surface area contributed by atoms with E-state index in [1.165, 1.54) is 32.0 Å². The van der Waals surface area contributed by atoms with Gasteiger partial charge >= 0.3 is 12.1 Å². The van der Waals surface area contributed by atoms with Gasteiger partial charge in [0.15, 0.2) is 0 Å². The van der Waals surface area contributed by atoms with E-state index in [1.54, 1.807) is 4.90 Å². The number of hydrogen-bond donors (Lipinski definition) is 2. The second kappa shape index (κ2) is 9.67. The third-order valence-electron chi connectivity index (χ3n) is 7.54. The zero-order chi connectivity index (χ0) is 26.1. The number of aliphatic carboxylic acids is 1. The van der Waals surface area contributed by atoms with Crippen molar-refractivity contribution >= 4 is 23.7 Å². The zero-order valence-electron chi connectivity index (χ0n) is 20.3. The van der Waals surface area contributed by atoms with Gasteiger partial charge in [0.1, 0.15) is 28.6 Å². The number of piperidine rings is 1. The molecule has 0 saturated carbocycles. The second-order valence-corrected chi connectivity index (χ2v) is 9.62. The predicted molar refractivity (Wildman–Crippen MR) is 130 cm³/mol. The lowest BCUT2D eigenvalue weighted by Crippen LogP contribution is -2.74. The van der Waals surface area contributed by atoms with Crippen LogP contribution in [0.25, 0.3) is 0 Å². The minimum Gasteiger partial charge on any atom is -0.488 e. The van der Waals surface area contributed by atoms with Gasteiger partial charge < -0.3 is 24.7 Å². The van der Waals surface area contributed by atoms with Gasteiger partial charge in [0, 0.05) is 44.4 Å². The number of carboxylic acid groups (broad SMARTS) is 2. The number of halogens is 1. The fraction of sp³-hybridized carbons (Fsp3) is 0.423. The molecule has 2 saturated heterocycles. The summed E-state index contributed by atoms with van der Waals surface area (Å²) in [6.07, 6.45) is -2.44. The number of benzene rings is 2. The molecule has 0 aromatic heterocycles. The summed E-state index contributed by atoms with van der Waals surface area (Å²) < 4.78 is 19.4. The van der Waals surface area contributed by atoms with Crippen molar-refractivity contribution in [1.82, 2.24) is 9.80 Å². The van der Waals surface area contributed by atoms with Gasteiger partial charge in [-0.2, -0.15) is 0 Å². The molecule has 2 N–H and O–H groups in total. The lowest BCUT2D eigenvalue weighted by atomic mass is 9.64. The maximum atomic E-state index is 13.9. The highest BCUT2D eigenvalue weighted by molar-refractivity contribution is 5.96. The number of carboxylic acids is 1. The van der Waals surface area contributed by atoms with Crippen molar-refractivity contribution in [3.8, 4) is 5.75 Å². The molecule has 192 valence electrons. The Bertz CT molecular complexity index is 1140. The summed E-state index contributed by atoms with van der Waals surface area (Å²) in [6.45, 7) is 4.26. The normalized spacial score (nSPS) is 26.4. The molecule has 9 nitrogen and oxygen atoms in total. The third kappa shape index (κ3) is 4.43. The Morgan fingerprint density at radius 1 is 0.972 bits per heavy atom. The van der Waals surface area contributed by atoms with Gasteiger partial charge in [-0.25, -0.2) is 9.18 Å². The van der Waals surface area contributed by atoms with Crippen LogP contribution in [0.1, 0.15) is 20.3 Å². The molecule has 0 spiro atoms. The van der Waals surface area contributed by atoms with Gasteiger partial charge in [-0.3, -0.25) is 14.5 Å². The van der Waals surface area contributed by atoms with Crippen molar-refractivity contribution in [2.24, 2.45) is 5.41 Å². The van der Waals surface area contributed by atoms with E-state index in [4.69, 9.17) is 4.74 Å². The Morgan fingerprint density at radius 3 is 2.22 bits per heavy atom. The summed E-state index contributed by atoms with van der Waals surface area (Å²) in [7, 11) is 0. The minimum absolute atomic E-state index is 0.130. The topological polar surface area (TPSA) is 111 Å². The molecule has 36 heavy (non-hydrogen) atoms. The van der Waals surface area contributed by atoms with Gasteiger partial charge in [0.25, 0.3) is 0 Å². The number of nitrogens with zero attached hydrogens (tertiary/aromatic N) is 3. The van der Waals surface area contributed by atoms with Crippen LogP contribution in [0.4, 0.5) is 14.9 Å². The Hall–Kier alpha value is -3.82. The second-order valence-electron chi connectivity index (χ2n) is 9.62. The number of ether oxygens (including phenoxy) is 1. The monoisotopic (exact) mass is 499 g/mol. The first-order valence-electron chi connectivity index (χ1n) is 11.8. The molecule has 2 aromatic carbocycles. The Labute approximate surface area is 208 Å². The number of piperazine rings is 1. The molecule has 2 fully saturated rings. The molecule has 3 atom stereocenters. The van der Waals surface area contributed by atoms with Crippen LogP contribution in [0.5, 0.6) is 5.75 Å². The lowest BCUT2D eigenvalue weighted by Gasteiger charge is -2.55. The van der Waals surface area contributed by atoms with Gasteiger partial charge in [-0.1, -0.05) is 24.3 Å². The van der Waals surface area contributed by atoms with E-state index in [0.717, 1.165) is 16.7 Å². The van der Waals surface area contributed by atoms with Gasteiger partial charge in [-0.15, -0.1) is 0 Å². The molecule has 0 bridgehead atoms. The summed E-state index contributed by atoms with van der Waals surface area (Å²) in [5.41, 5.74) is -2.65. The summed E-state index contributed by atoms with van der Waals surface area (Å²) in [5.74, 6) is -2.23. The van der Waals surface area contributed by atoms with Crippen LogP contribution in [0.3, 0.4) is 0 Å². The quantitative estimate of drug-likeness (QED) is 0.650. The van der Waals surface area contributed by atoms with Crippen LogP contribution < -0.4 is 9.64 Å². The van der Waals surface area contributed by atoms with Crippen molar-refractivity contribution < 1.29 is 33.7 Å². The summed E-state index contributed by atoms with van der Waals surface area (Å²) in [5, 5.41) is 20.4. The Kier molecular flexibility index (Phi) is 6.79. The van der Waals surface area contributed by atoms with E-state index in [2.05, 4.69) is 4.90 Å². The van der Waals surface area contributed by atoms with Crippen LogP contribution in [0.2, 0.25) is 0 Å². The Morgan fingerprint density at radius 2 is 1.64 bits per heavy atom. The zero-order valence-corrected chi connectivity index (χ0v) is 20.3. The van der Waals surface area contributed by atoms with Crippen LogP contribution in [-0.4, -0.2) is 82.3 Å². The largest absolute Gasteiger partial charge is 0.488 e. The molecular formula is C26H30FN3O6. The van der Waals surface area contributed by atoms with E-state index < -0.39 is 40.8 Å². The lowest BCUT2D eigenvalue weighted by molar-refractivity contribution is -0.179. The fourth-order valence-corrected chi connectivity index (χ4v) is 5.25. The smallest absolute Gasteiger partial charge is 0.408 e. The third-order valence-corrected chi connectivity index (χ3v) is 7.54. The van der Waals surface area contributed by atoms with Crippen molar-refractivity contribution in [1.29, 1.82) is 0 Å². The van der Waals surface area contributed by atoms with Crippen LogP contribution >= 0.6 is 0 Å². The predicted octanol–water partition coefficient (Wildman–Crippen LogP) is 3.16. The van der Waals surface area contributed by atoms with E-state index in [9.17, 15) is 29.0 Å². The molecule has 2 aliphatic heterocycles. The molecule has 2 aromatic rings. The molecule has 0 radical (unpaired) electrons. The number of likely N-dealkylation sites (tertiary alicyclic amines) is 1. The summed E-state index contributed by atoms with van der Waals surface area (Å²) in [6, 6.07) is 15.1. The molecular weight excluding hydrogens is 469 g/mol. The number of amides is 2. The summed E-state index contributed by atoms with van der Waals surface area (Å²) >= 11 is 0. The van der Waals surface area contributed by atoms with Crippen molar-refractivity contribution in [2.75, 3.05) is 37.6 Å². The highest BCUT2D eigenvalue weighted by atomic mass is 19.1. The number of carbonyl (C=O) groups is 3. The highest BCUT2D eigenvalue weighted by Crippen LogP contribution is 2.46. The van der Waals surface area contributed by atoms with Gasteiger partial charge in [0.05, 0.1) is 6.54 Å². The number of hydrogen-bond acceptors (Lipinski definition) is 5. The van der Waals surface area contributed by atoms with Gasteiger partial charge in [0.2, 0.25) is 5.91 Å². The molecule has 10 heteroatoms. The van der Waals surface area contributed by atoms with E-state index in [1.807, 2.05) is 30.3 Å². The van der Waals surface area contributed by atoms with Crippen LogP contribution in [-0.2, 0) is 9.59 Å². The average Bonchev–Trinajstić information content (AvgIpc) is 2.86. The van der Waals surface area contributed by atoms with Crippen molar-refractivity contribution in [3.05, 3.63) is 60.4 Å². The molecule has 4 rings (SSSR count). The first-order chi connectivity index (χ1) is 17.1. The number of para-hydroxylation sites is 1. The van der Waals surface area contributed by atoms with Crippen LogP contribution in [0.15, 0.2) is 54.6 Å². The molecule has 0 aliphatic carbocycles. The maximum Gasteiger partial charge on any atom is 0.408 e. The number of carbonyl (C=O) groups excluding carboxylic acids is 1. The average molecular weight is 500 g/mol. The molecule has 2 amide bonds. The molecule has 2 aliphatic rings. The van der Waals surface area contributed by atoms with E-state index in [-0.39, 0.29) is 18.7 Å². The van der Waals surface area contributed by atoms with Gasteiger partial charge in [-0.05, 0) is 38.1 Å².